The molecule has 1 atom stereocenters. The number of benzene rings is 1. The Morgan fingerprint density at radius 2 is 2.35 bits per heavy atom. The van der Waals surface area contributed by atoms with Crippen LogP contribution in [0.3, 0.4) is 0 Å². The van der Waals surface area contributed by atoms with Gasteiger partial charge in [-0.1, -0.05) is 18.2 Å². The summed E-state index contributed by atoms with van der Waals surface area (Å²) >= 11 is 0. The van der Waals surface area contributed by atoms with Crippen molar-refractivity contribution in [3.8, 4) is 5.75 Å². The van der Waals surface area contributed by atoms with Gasteiger partial charge in [0.25, 0.3) is 11.7 Å². The Bertz CT molecular complexity index is 539. The van der Waals surface area contributed by atoms with Crippen LogP contribution in [0, 0.1) is 0 Å². The van der Waals surface area contributed by atoms with Gasteiger partial charge < -0.3 is 10.1 Å². The van der Waals surface area contributed by atoms with E-state index in [1.807, 2.05) is 24.3 Å². The molecule has 0 bridgehead atoms. The number of amides is 1. The molecule has 1 aromatic heterocycles. The second kappa shape index (κ2) is 3.85. The normalized spacial score (nSPS) is 17.3. The quantitative estimate of drug-likeness (QED) is 0.762. The van der Waals surface area contributed by atoms with E-state index in [1.54, 1.807) is 0 Å². The predicted octanol–water partition coefficient (Wildman–Crippen LogP) is 0.0632. The van der Waals surface area contributed by atoms with Crippen molar-refractivity contribution in [3.05, 3.63) is 35.7 Å². The number of ether oxygens (including phenoxy) is 1. The van der Waals surface area contributed by atoms with E-state index in [2.05, 4.69) is 25.9 Å². The Morgan fingerprint density at radius 3 is 3.18 bits per heavy atom. The minimum absolute atomic E-state index is 0.0226. The molecule has 1 unspecified atom stereocenters. The van der Waals surface area contributed by atoms with Gasteiger partial charge in [0.1, 0.15) is 12.4 Å². The molecule has 0 aliphatic carbocycles. The van der Waals surface area contributed by atoms with Crippen molar-refractivity contribution < 1.29 is 9.53 Å². The highest BCUT2D eigenvalue weighted by Gasteiger charge is 2.26. The van der Waals surface area contributed by atoms with E-state index in [9.17, 15) is 4.79 Å². The highest BCUT2D eigenvalue weighted by molar-refractivity contribution is 5.90. The molecule has 17 heavy (non-hydrogen) atoms. The van der Waals surface area contributed by atoms with Gasteiger partial charge in [0.2, 0.25) is 0 Å². The first-order valence-corrected chi connectivity index (χ1v) is 5.10. The SMILES string of the molecule is O=C(NC1COc2ccccc21)c1nn[nH]n1. The summed E-state index contributed by atoms with van der Waals surface area (Å²) in [5.41, 5.74) is 0.962. The molecule has 0 spiro atoms. The minimum atomic E-state index is -0.371. The maximum Gasteiger partial charge on any atom is 0.293 e. The Morgan fingerprint density at radius 1 is 1.47 bits per heavy atom. The van der Waals surface area contributed by atoms with Crippen molar-refractivity contribution >= 4 is 5.91 Å². The lowest BCUT2D eigenvalue weighted by Gasteiger charge is -2.09. The van der Waals surface area contributed by atoms with Crippen molar-refractivity contribution in [2.24, 2.45) is 0 Å². The maximum absolute atomic E-state index is 11.7. The number of aromatic nitrogens is 4. The van der Waals surface area contributed by atoms with Crippen molar-refractivity contribution in [2.45, 2.75) is 6.04 Å². The second-order valence-electron chi connectivity index (χ2n) is 3.61. The number of hydrogen-bond acceptors (Lipinski definition) is 5. The number of para-hydroxylation sites is 1. The zero-order valence-corrected chi connectivity index (χ0v) is 8.75. The van der Waals surface area contributed by atoms with Crippen LogP contribution in [0.15, 0.2) is 24.3 Å². The Labute approximate surface area is 96.2 Å². The van der Waals surface area contributed by atoms with Gasteiger partial charge in [0, 0.05) is 5.56 Å². The van der Waals surface area contributed by atoms with Gasteiger partial charge >= 0.3 is 0 Å². The molecule has 1 aliphatic heterocycles. The van der Waals surface area contributed by atoms with Crippen LogP contribution in [0.25, 0.3) is 0 Å². The second-order valence-corrected chi connectivity index (χ2v) is 3.61. The average molecular weight is 231 g/mol. The zero-order valence-electron chi connectivity index (χ0n) is 8.75. The monoisotopic (exact) mass is 231 g/mol. The summed E-state index contributed by atoms with van der Waals surface area (Å²) in [6.07, 6.45) is 0. The van der Waals surface area contributed by atoms with Gasteiger partial charge in [-0.3, -0.25) is 4.79 Å². The molecule has 1 amide bonds. The molecular weight excluding hydrogens is 222 g/mol. The first-order chi connectivity index (χ1) is 8.34. The van der Waals surface area contributed by atoms with Crippen LogP contribution in [0.2, 0.25) is 0 Å². The fourth-order valence-corrected chi connectivity index (χ4v) is 1.76. The molecule has 0 saturated heterocycles. The topological polar surface area (TPSA) is 92.8 Å². The largest absolute Gasteiger partial charge is 0.491 e. The van der Waals surface area contributed by atoms with E-state index in [1.165, 1.54) is 0 Å². The van der Waals surface area contributed by atoms with Gasteiger partial charge in [0.05, 0.1) is 6.04 Å². The fraction of sp³-hybridized carbons (Fsp3) is 0.200. The molecular formula is C10H9N5O2. The maximum atomic E-state index is 11.7. The smallest absolute Gasteiger partial charge is 0.293 e. The number of hydrogen-bond donors (Lipinski definition) is 2. The zero-order chi connectivity index (χ0) is 11.7. The highest BCUT2D eigenvalue weighted by atomic mass is 16.5. The van der Waals surface area contributed by atoms with Crippen LogP contribution in [0.4, 0.5) is 0 Å². The molecule has 0 fully saturated rings. The molecule has 1 aliphatic rings. The molecule has 2 heterocycles. The fourth-order valence-electron chi connectivity index (χ4n) is 1.76. The van der Waals surface area contributed by atoms with Crippen LogP contribution < -0.4 is 10.1 Å². The van der Waals surface area contributed by atoms with Gasteiger partial charge in [-0.2, -0.15) is 5.21 Å². The first-order valence-electron chi connectivity index (χ1n) is 5.10. The molecule has 0 saturated carbocycles. The number of carbonyl (C=O) groups is 1. The van der Waals surface area contributed by atoms with Gasteiger partial charge in [0.15, 0.2) is 0 Å². The molecule has 1 aromatic carbocycles. The van der Waals surface area contributed by atoms with Gasteiger partial charge in [-0.15, -0.1) is 10.2 Å². The number of carbonyl (C=O) groups excluding carboxylic acids is 1. The summed E-state index contributed by atoms with van der Waals surface area (Å²) in [7, 11) is 0. The van der Waals surface area contributed by atoms with Crippen LogP contribution in [-0.4, -0.2) is 33.1 Å². The molecule has 7 nitrogen and oxygen atoms in total. The van der Waals surface area contributed by atoms with Gasteiger partial charge in [-0.25, -0.2) is 0 Å². The van der Waals surface area contributed by atoms with E-state index in [4.69, 9.17) is 4.74 Å². The van der Waals surface area contributed by atoms with E-state index in [-0.39, 0.29) is 17.8 Å². The van der Waals surface area contributed by atoms with E-state index in [0.717, 1.165) is 11.3 Å². The summed E-state index contributed by atoms with van der Waals surface area (Å²) < 4.78 is 5.45. The third-order valence-corrected chi connectivity index (χ3v) is 2.55. The van der Waals surface area contributed by atoms with Gasteiger partial charge in [-0.05, 0) is 11.3 Å². The van der Waals surface area contributed by atoms with Crippen molar-refractivity contribution in [2.75, 3.05) is 6.61 Å². The lowest BCUT2D eigenvalue weighted by atomic mass is 10.1. The summed E-state index contributed by atoms with van der Waals surface area (Å²) in [5, 5.41) is 15.6. The lowest BCUT2D eigenvalue weighted by molar-refractivity contribution is 0.0920. The lowest BCUT2D eigenvalue weighted by Crippen LogP contribution is -2.30. The Balaban J connectivity index is 1.78. The van der Waals surface area contributed by atoms with Crippen molar-refractivity contribution in [1.29, 1.82) is 0 Å². The molecule has 86 valence electrons. The van der Waals surface area contributed by atoms with E-state index in [0.29, 0.717) is 6.61 Å². The third kappa shape index (κ3) is 1.71. The first kappa shape index (κ1) is 9.76. The van der Waals surface area contributed by atoms with Crippen LogP contribution >= 0.6 is 0 Å². The van der Waals surface area contributed by atoms with E-state index >= 15 is 0 Å². The number of nitrogens with one attached hydrogen (secondary N) is 2. The number of aromatic amines is 1. The summed E-state index contributed by atoms with van der Waals surface area (Å²) in [6, 6.07) is 7.42. The molecule has 2 aromatic rings. The van der Waals surface area contributed by atoms with Crippen LogP contribution in [0.1, 0.15) is 22.2 Å². The number of nitrogens with zero attached hydrogens (tertiary/aromatic N) is 3. The summed E-state index contributed by atoms with van der Waals surface area (Å²) in [5.74, 6) is 0.448. The van der Waals surface area contributed by atoms with Crippen molar-refractivity contribution in [3.63, 3.8) is 0 Å². The average Bonchev–Trinajstić information content (AvgIpc) is 2.98. The Kier molecular flexibility index (Phi) is 2.21. The highest BCUT2D eigenvalue weighted by Crippen LogP contribution is 2.31. The molecule has 2 N–H and O–H groups in total. The van der Waals surface area contributed by atoms with E-state index < -0.39 is 0 Å². The van der Waals surface area contributed by atoms with Crippen molar-refractivity contribution in [1.82, 2.24) is 25.9 Å². The summed E-state index contributed by atoms with van der Waals surface area (Å²) in [4.78, 5) is 11.7. The standard InChI is InChI=1S/C10H9N5O2/c16-10(9-12-14-15-13-9)11-7-5-17-8-4-2-1-3-6(7)8/h1-4,7H,5H2,(H,11,16)(H,12,13,14,15). The molecule has 7 heteroatoms. The number of fused-ring (bicyclic) bond motifs is 1. The Hall–Kier alpha value is -2.44. The van der Waals surface area contributed by atoms with Crippen LogP contribution in [-0.2, 0) is 0 Å². The number of rotatable bonds is 2. The number of tetrazole rings is 1. The summed E-state index contributed by atoms with van der Waals surface area (Å²) in [6.45, 7) is 0.420. The third-order valence-electron chi connectivity index (χ3n) is 2.55. The number of H-pyrrole nitrogens is 1. The minimum Gasteiger partial charge on any atom is -0.491 e. The van der Waals surface area contributed by atoms with Crippen LogP contribution in [0.5, 0.6) is 5.75 Å². The predicted molar refractivity (Wildman–Crippen MR) is 56.3 cm³/mol. The molecule has 0 radical (unpaired) electrons. The molecule has 3 rings (SSSR count).